The second-order valence-electron chi connectivity index (χ2n) is 8.16. The van der Waals surface area contributed by atoms with Crippen LogP contribution in [0.4, 0.5) is 0 Å². The fourth-order valence-electron chi connectivity index (χ4n) is 4.85. The van der Waals surface area contributed by atoms with E-state index < -0.39 is 12.1 Å². The van der Waals surface area contributed by atoms with E-state index in [4.69, 9.17) is 9.47 Å². The molecule has 0 amide bonds. The maximum absolute atomic E-state index is 10.3. The van der Waals surface area contributed by atoms with Gasteiger partial charge in [0.25, 0.3) is 0 Å². The van der Waals surface area contributed by atoms with E-state index in [2.05, 4.69) is 34.1 Å². The Bertz CT molecular complexity index is 1110. The maximum atomic E-state index is 10.3. The topological polar surface area (TPSA) is 72.5 Å². The minimum absolute atomic E-state index is 0.279. The summed E-state index contributed by atoms with van der Waals surface area (Å²) >= 11 is 0. The third-order valence-electron chi connectivity index (χ3n) is 6.33. The molecule has 0 saturated carbocycles. The van der Waals surface area contributed by atoms with Crippen LogP contribution in [-0.4, -0.2) is 37.1 Å². The molecule has 6 nitrogen and oxygen atoms in total. The molecule has 3 atom stereocenters. The van der Waals surface area contributed by atoms with Crippen molar-refractivity contribution in [2.45, 2.75) is 24.7 Å². The zero-order valence-electron chi connectivity index (χ0n) is 19.5. The Morgan fingerprint density at radius 1 is 0.706 bits per heavy atom. The molecule has 0 aliphatic carbocycles. The Kier molecular flexibility index (Phi) is 7.44. The normalized spacial score (nSPS) is 18.3. The summed E-state index contributed by atoms with van der Waals surface area (Å²) in [5.41, 5.74) is 2.68. The molecular formula is C28H28N4O2. The van der Waals surface area contributed by atoms with E-state index in [9.17, 15) is 10.5 Å². The smallest absolute Gasteiger partial charge is 0.128 e. The lowest BCUT2D eigenvalue weighted by atomic mass is 9.96. The summed E-state index contributed by atoms with van der Waals surface area (Å²) in [7, 11) is 3.25. The molecule has 4 rings (SSSR count). The average molecular weight is 453 g/mol. The van der Waals surface area contributed by atoms with Gasteiger partial charge >= 0.3 is 0 Å². The van der Waals surface area contributed by atoms with Crippen LogP contribution < -0.4 is 9.47 Å². The first-order valence-corrected chi connectivity index (χ1v) is 11.3. The highest BCUT2D eigenvalue weighted by molar-refractivity contribution is 5.41. The number of ether oxygens (including phenoxy) is 2. The maximum Gasteiger partial charge on any atom is 0.128 e. The van der Waals surface area contributed by atoms with Gasteiger partial charge < -0.3 is 9.47 Å². The molecule has 0 radical (unpaired) electrons. The fraction of sp³-hybridized carbons (Fsp3) is 0.286. The molecule has 3 aromatic rings. The first-order chi connectivity index (χ1) is 16.7. The molecular weight excluding hydrogens is 424 g/mol. The van der Waals surface area contributed by atoms with Crippen molar-refractivity contribution in [3.8, 4) is 23.6 Å². The van der Waals surface area contributed by atoms with Gasteiger partial charge in [-0.1, -0.05) is 66.7 Å². The van der Waals surface area contributed by atoms with Gasteiger partial charge in [-0.15, -0.1) is 0 Å². The minimum atomic E-state index is -0.541. The molecule has 1 unspecified atom stereocenters. The van der Waals surface area contributed by atoms with Crippen LogP contribution in [0.2, 0.25) is 0 Å². The van der Waals surface area contributed by atoms with Gasteiger partial charge in [-0.05, 0) is 24.1 Å². The van der Waals surface area contributed by atoms with Crippen LogP contribution in [0.5, 0.6) is 11.5 Å². The Labute approximate surface area is 201 Å². The number of hydrogen-bond donors (Lipinski definition) is 0. The molecule has 1 fully saturated rings. The van der Waals surface area contributed by atoms with Crippen molar-refractivity contribution in [1.29, 1.82) is 10.5 Å². The van der Waals surface area contributed by atoms with Crippen molar-refractivity contribution < 1.29 is 9.47 Å². The van der Waals surface area contributed by atoms with Crippen LogP contribution in [0.25, 0.3) is 0 Å². The summed E-state index contributed by atoms with van der Waals surface area (Å²) in [5, 5.41) is 20.7. The highest BCUT2D eigenvalue weighted by Crippen LogP contribution is 2.43. The molecule has 1 aliphatic rings. The summed E-state index contributed by atoms with van der Waals surface area (Å²) in [6.07, 6.45) is 0.545. The molecule has 34 heavy (non-hydrogen) atoms. The highest BCUT2D eigenvalue weighted by atomic mass is 16.5. The van der Waals surface area contributed by atoms with Crippen LogP contribution in [0.1, 0.15) is 41.4 Å². The quantitative estimate of drug-likeness (QED) is 0.488. The molecule has 0 N–H and O–H groups in total. The van der Waals surface area contributed by atoms with Crippen molar-refractivity contribution in [2.24, 2.45) is 0 Å². The van der Waals surface area contributed by atoms with E-state index in [1.807, 2.05) is 66.7 Å². The minimum Gasteiger partial charge on any atom is -0.496 e. The second-order valence-corrected chi connectivity index (χ2v) is 8.16. The monoisotopic (exact) mass is 452 g/mol. The zero-order valence-corrected chi connectivity index (χ0v) is 19.5. The van der Waals surface area contributed by atoms with Crippen molar-refractivity contribution in [1.82, 2.24) is 9.80 Å². The van der Waals surface area contributed by atoms with Gasteiger partial charge in [-0.3, -0.25) is 9.80 Å². The van der Waals surface area contributed by atoms with E-state index >= 15 is 0 Å². The summed E-state index contributed by atoms with van der Waals surface area (Å²) in [5.74, 6) is 1.36. The second kappa shape index (κ2) is 10.9. The van der Waals surface area contributed by atoms with Crippen molar-refractivity contribution in [3.05, 3.63) is 95.6 Å². The van der Waals surface area contributed by atoms with Crippen LogP contribution in [0, 0.1) is 22.7 Å². The first-order valence-electron chi connectivity index (χ1n) is 11.3. The number of para-hydroxylation sites is 2. The predicted octanol–water partition coefficient (Wildman–Crippen LogP) is 5.24. The van der Waals surface area contributed by atoms with E-state index in [1.165, 1.54) is 0 Å². The molecule has 0 bridgehead atoms. The first kappa shape index (κ1) is 23.3. The largest absolute Gasteiger partial charge is 0.496 e. The summed E-state index contributed by atoms with van der Waals surface area (Å²) in [6, 6.07) is 29.3. The number of benzene rings is 3. The highest BCUT2D eigenvalue weighted by Gasteiger charge is 2.40. The van der Waals surface area contributed by atoms with Crippen molar-refractivity contribution >= 4 is 0 Å². The third-order valence-corrected chi connectivity index (χ3v) is 6.33. The Morgan fingerprint density at radius 2 is 1.15 bits per heavy atom. The number of nitriles is 2. The molecule has 1 aliphatic heterocycles. The Hall–Kier alpha value is -3.84. The average Bonchev–Trinajstić information content (AvgIpc) is 2.91. The van der Waals surface area contributed by atoms with Crippen LogP contribution in [-0.2, 0) is 0 Å². The SMILES string of the molecule is COc1ccccc1[C@@H](C#N)N1CCCN([C@@H](C#N)c2ccccc2OC)C1c1ccccc1. The lowest BCUT2D eigenvalue weighted by Crippen LogP contribution is -2.49. The van der Waals surface area contributed by atoms with Gasteiger partial charge in [0, 0.05) is 24.2 Å². The summed E-state index contributed by atoms with van der Waals surface area (Å²) in [4.78, 5) is 4.35. The lowest BCUT2D eigenvalue weighted by Gasteiger charge is -2.47. The van der Waals surface area contributed by atoms with Gasteiger partial charge in [-0.25, -0.2) is 0 Å². The van der Waals surface area contributed by atoms with E-state index in [0.717, 1.165) is 36.2 Å². The van der Waals surface area contributed by atoms with Gasteiger partial charge in [0.05, 0.1) is 32.5 Å². The molecule has 1 heterocycles. The standard InChI is InChI=1S/C28H28N4O2/c1-33-26-15-8-6-13-22(26)24(19-29)31-17-10-18-32(28(31)21-11-4-3-5-12-21)25(20-30)23-14-7-9-16-27(23)34-2/h3-9,11-16,24-25,28H,10,17-18H2,1-2H3/t24-,25+,28?. The molecule has 172 valence electrons. The van der Waals surface area contributed by atoms with Crippen molar-refractivity contribution in [3.63, 3.8) is 0 Å². The Balaban J connectivity index is 1.83. The molecule has 6 heteroatoms. The van der Waals surface area contributed by atoms with Crippen molar-refractivity contribution in [2.75, 3.05) is 27.3 Å². The molecule has 0 spiro atoms. The van der Waals surface area contributed by atoms with Gasteiger partial charge in [0.1, 0.15) is 23.6 Å². The Morgan fingerprint density at radius 3 is 1.59 bits per heavy atom. The zero-order chi connectivity index (χ0) is 23.9. The summed E-state index contributed by atoms with van der Waals surface area (Å²) in [6.45, 7) is 1.44. The van der Waals surface area contributed by atoms with Gasteiger partial charge in [0.2, 0.25) is 0 Å². The number of hydrogen-bond acceptors (Lipinski definition) is 6. The number of rotatable bonds is 7. The van der Waals surface area contributed by atoms with E-state index in [0.29, 0.717) is 11.5 Å². The molecule has 1 saturated heterocycles. The summed E-state index contributed by atoms with van der Waals surface area (Å²) < 4.78 is 11.2. The van der Waals surface area contributed by atoms with E-state index in [1.54, 1.807) is 14.2 Å². The van der Waals surface area contributed by atoms with Crippen LogP contribution in [0.15, 0.2) is 78.9 Å². The van der Waals surface area contributed by atoms with Gasteiger partial charge in [-0.2, -0.15) is 10.5 Å². The third kappa shape index (κ3) is 4.47. The van der Waals surface area contributed by atoms with Crippen LogP contribution >= 0.6 is 0 Å². The number of nitrogens with zero attached hydrogens (tertiary/aromatic N) is 4. The van der Waals surface area contributed by atoms with E-state index in [-0.39, 0.29) is 6.17 Å². The molecule has 0 aromatic heterocycles. The number of methoxy groups -OCH3 is 2. The molecule has 3 aromatic carbocycles. The fourth-order valence-corrected chi connectivity index (χ4v) is 4.85. The van der Waals surface area contributed by atoms with Crippen LogP contribution in [0.3, 0.4) is 0 Å². The van der Waals surface area contributed by atoms with Gasteiger partial charge in [0.15, 0.2) is 0 Å². The lowest BCUT2D eigenvalue weighted by molar-refractivity contribution is -0.0293. The predicted molar refractivity (Wildman–Crippen MR) is 130 cm³/mol.